The molecule has 14 heavy (non-hydrogen) atoms. The van der Waals surface area contributed by atoms with Gasteiger partial charge in [-0.1, -0.05) is 12.1 Å². The summed E-state index contributed by atoms with van der Waals surface area (Å²) in [7, 11) is 0. The first kappa shape index (κ1) is 10.6. The number of alkyl halides is 1. The summed E-state index contributed by atoms with van der Waals surface area (Å²) in [6, 6.07) is 0. The first-order valence-corrected chi connectivity index (χ1v) is 4.42. The molecule has 0 fully saturated rings. The molecule has 0 aromatic carbocycles. The number of halogens is 1. The van der Waals surface area contributed by atoms with E-state index in [-0.39, 0.29) is 5.69 Å². The van der Waals surface area contributed by atoms with Crippen molar-refractivity contribution in [2.24, 2.45) is 0 Å². The summed E-state index contributed by atoms with van der Waals surface area (Å²) in [4.78, 5) is 10.7. The molecule has 1 aromatic heterocycles. The molecule has 0 aliphatic heterocycles. The molecule has 0 spiro atoms. The van der Waals surface area contributed by atoms with Crippen LogP contribution < -0.4 is 0 Å². The molecule has 6 heteroatoms. The van der Waals surface area contributed by atoms with E-state index >= 15 is 0 Å². The van der Waals surface area contributed by atoms with Crippen LogP contribution in [0.15, 0.2) is 0 Å². The highest BCUT2D eigenvalue weighted by atomic mass is 19.1. The van der Waals surface area contributed by atoms with Gasteiger partial charge in [0, 0.05) is 6.54 Å². The van der Waals surface area contributed by atoms with Gasteiger partial charge < -0.3 is 5.11 Å². The van der Waals surface area contributed by atoms with E-state index in [2.05, 4.69) is 10.3 Å². The van der Waals surface area contributed by atoms with Crippen LogP contribution in [0.25, 0.3) is 0 Å². The predicted octanol–water partition coefficient (Wildman–Crippen LogP) is 0.898. The van der Waals surface area contributed by atoms with Gasteiger partial charge in [-0.25, -0.2) is 9.48 Å². The number of aromatic carboxylic acids is 1. The van der Waals surface area contributed by atoms with Crippen LogP contribution in [0, 0.1) is 0 Å². The van der Waals surface area contributed by atoms with E-state index in [0.29, 0.717) is 25.1 Å². The fraction of sp³-hybridized carbons (Fsp3) is 0.625. The fourth-order valence-electron chi connectivity index (χ4n) is 1.24. The lowest BCUT2D eigenvalue weighted by Crippen LogP contribution is -2.08. The predicted molar refractivity (Wildman–Crippen MR) is 47.0 cm³/mol. The maximum atomic E-state index is 11.9. The number of hydrogen-bond donors (Lipinski definition) is 1. The summed E-state index contributed by atoms with van der Waals surface area (Å²) >= 11 is 0. The second kappa shape index (κ2) is 4.69. The molecule has 1 aromatic rings. The first-order valence-electron chi connectivity index (χ1n) is 4.42. The Morgan fingerprint density at radius 2 is 2.36 bits per heavy atom. The minimum atomic E-state index is -1.09. The van der Waals surface area contributed by atoms with Crippen LogP contribution in [0.3, 0.4) is 0 Å². The van der Waals surface area contributed by atoms with E-state index in [1.807, 2.05) is 6.92 Å². The highest BCUT2D eigenvalue weighted by molar-refractivity contribution is 5.86. The Labute approximate surface area is 80.5 Å². The zero-order valence-corrected chi connectivity index (χ0v) is 7.90. The molecule has 0 aliphatic rings. The molecule has 0 atom stereocenters. The largest absolute Gasteiger partial charge is 0.476 e. The van der Waals surface area contributed by atoms with Crippen LogP contribution in [0.1, 0.15) is 29.5 Å². The van der Waals surface area contributed by atoms with Gasteiger partial charge in [-0.05, 0) is 12.8 Å². The lowest BCUT2D eigenvalue weighted by molar-refractivity contribution is 0.0689. The minimum absolute atomic E-state index is 0.0358. The Balaban J connectivity index is 2.89. The Morgan fingerprint density at radius 1 is 1.64 bits per heavy atom. The third kappa shape index (κ3) is 2.07. The van der Waals surface area contributed by atoms with Crippen LogP contribution in [-0.2, 0) is 13.0 Å². The lowest BCUT2D eigenvalue weighted by Gasteiger charge is -2.02. The molecule has 0 bridgehead atoms. The smallest absolute Gasteiger partial charge is 0.358 e. The molecule has 0 aliphatic carbocycles. The highest BCUT2D eigenvalue weighted by Crippen LogP contribution is 2.07. The Bertz CT molecular complexity index is 324. The second-order valence-electron chi connectivity index (χ2n) is 2.81. The van der Waals surface area contributed by atoms with Gasteiger partial charge >= 0.3 is 5.97 Å². The maximum absolute atomic E-state index is 11.9. The van der Waals surface area contributed by atoms with Crippen LogP contribution in [0.4, 0.5) is 4.39 Å². The molecule has 78 valence electrons. The van der Waals surface area contributed by atoms with Crippen molar-refractivity contribution in [2.75, 3.05) is 6.67 Å². The zero-order valence-electron chi connectivity index (χ0n) is 7.90. The normalized spacial score (nSPS) is 10.4. The van der Waals surface area contributed by atoms with Gasteiger partial charge in [-0.15, -0.1) is 5.10 Å². The topological polar surface area (TPSA) is 68.0 Å². The fourth-order valence-corrected chi connectivity index (χ4v) is 1.24. The number of hydrogen-bond acceptors (Lipinski definition) is 3. The van der Waals surface area contributed by atoms with Gasteiger partial charge in [0.2, 0.25) is 0 Å². The van der Waals surface area contributed by atoms with Crippen molar-refractivity contribution in [2.45, 2.75) is 26.3 Å². The molecular weight excluding hydrogens is 189 g/mol. The van der Waals surface area contributed by atoms with Crippen molar-refractivity contribution in [3.8, 4) is 0 Å². The van der Waals surface area contributed by atoms with E-state index in [4.69, 9.17) is 5.11 Å². The number of carbonyl (C=O) groups is 1. The third-order valence-corrected chi connectivity index (χ3v) is 1.88. The molecule has 0 saturated carbocycles. The van der Waals surface area contributed by atoms with Crippen molar-refractivity contribution in [3.63, 3.8) is 0 Å². The van der Waals surface area contributed by atoms with Gasteiger partial charge in [0.15, 0.2) is 5.69 Å². The molecule has 0 amide bonds. The van der Waals surface area contributed by atoms with Crippen molar-refractivity contribution in [1.82, 2.24) is 15.0 Å². The Morgan fingerprint density at radius 3 is 2.86 bits per heavy atom. The number of carboxylic acid groups (broad SMARTS) is 1. The van der Waals surface area contributed by atoms with Gasteiger partial charge in [0.05, 0.1) is 12.4 Å². The van der Waals surface area contributed by atoms with Crippen LogP contribution in [-0.4, -0.2) is 32.7 Å². The summed E-state index contributed by atoms with van der Waals surface area (Å²) in [6.45, 7) is 1.75. The maximum Gasteiger partial charge on any atom is 0.358 e. The van der Waals surface area contributed by atoms with Crippen LogP contribution >= 0.6 is 0 Å². The average molecular weight is 201 g/mol. The number of nitrogens with zero attached hydrogens (tertiary/aromatic N) is 3. The molecule has 0 saturated heterocycles. The van der Waals surface area contributed by atoms with E-state index in [0.717, 1.165) is 0 Å². The van der Waals surface area contributed by atoms with Gasteiger partial charge in [0.1, 0.15) is 0 Å². The highest BCUT2D eigenvalue weighted by Gasteiger charge is 2.16. The van der Waals surface area contributed by atoms with E-state index in [1.54, 1.807) is 0 Å². The number of rotatable bonds is 5. The number of aromatic nitrogens is 3. The lowest BCUT2D eigenvalue weighted by atomic mass is 10.2. The number of aryl methyl sites for hydroxylation is 1. The summed E-state index contributed by atoms with van der Waals surface area (Å²) in [5.74, 6) is -1.09. The summed E-state index contributed by atoms with van der Waals surface area (Å²) < 4.78 is 13.3. The van der Waals surface area contributed by atoms with E-state index in [1.165, 1.54) is 4.68 Å². The van der Waals surface area contributed by atoms with E-state index in [9.17, 15) is 9.18 Å². The molecule has 1 rings (SSSR count). The van der Waals surface area contributed by atoms with Crippen LogP contribution in [0.2, 0.25) is 0 Å². The van der Waals surface area contributed by atoms with Gasteiger partial charge in [-0.2, -0.15) is 0 Å². The summed E-state index contributed by atoms with van der Waals surface area (Å²) in [5.41, 5.74) is 0.511. The Kier molecular flexibility index (Phi) is 3.55. The first-order chi connectivity index (χ1) is 6.70. The van der Waals surface area contributed by atoms with E-state index < -0.39 is 12.6 Å². The van der Waals surface area contributed by atoms with Crippen molar-refractivity contribution < 1.29 is 14.3 Å². The standard InChI is InChI=1S/C8H12FN3O2/c1-2-6-7(8(13)14)10-11-12(6)5-3-4-9/h2-5H2,1H3,(H,13,14). The Hall–Kier alpha value is -1.46. The SMILES string of the molecule is CCc1c(C(=O)O)nnn1CCCF. The van der Waals surface area contributed by atoms with Gasteiger partial charge in [0.25, 0.3) is 0 Å². The molecule has 0 unspecified atom stereocenters. The molecule has 5 nitrogen and oxygen atoms in total. The minimum Gasteiger partial charge on any atom is -0.476 e. The van der Waals surface area contributed by atoms with Crippen LogP contribution in [0.5, 0.6) is 0 Å². The number of carboxylic acids is 1. The van der Waals surface area contributed by atoms with Crippen molar-refractivity contribution in [3.05, 3.63) is 11.4 Å². The summed E-state index contributed by atoms with van der Waals surface area (Å²) in [5, 5.41) is 15.9. The molecule has 1 heterocycles. The van der Waals surface area contributed by atoms with Gasteiger partial charge in [-0.3, -0.25) is 4.39 Å². The quantitative estimate of drug-likeness (QED) is 0.768. The monoisotopic (exact) mass is 201 g/mol. The van der Waals surface area contributed by atoms with Crippen molar-refractivity contribution >= 4 is 5.97 Å². The molecule has 1 N–H and O–H groups in total. The second-order valence-corrected chi connectivity index (χ2v) is 2.81. The average Bonchev–Trinajstić information content (AvgIpc) is 2.57. The molecular formula is C8H12FN3O2. The third-order valence-electron chi connectivity index (χ3n) is 1.88. The summed E-state index contributed by atoms with van der Waals surface area (Å²) in [6.07, 6.45) is 0.857. The van der Waals surface area contributed by atoms with Crippen molar-refractivity contribution in [1.29, 1.82) is 0 Å². The molecule has 0 radical (unpaired) electrons. The zero-order chi connectivity index (χ0) is 10.6.